The van der Waals surface area contributed by atoms with Crippen molar-refractivity contribution in [3.05, 3.63) is 53.8 Å². The van der Waals surface area contributed by atoms with Gasteiger partial charge >= 0.3 is 5.97 Å². The SMILES string of the molecule is O=C(O)CN(c1cccc(Cl)c1)S(=O)(=O)c1cccnc1. The van der Waals surface area contributed by atoms with E-state index in [1.165, 1.54) is 30.5 Å². The molecule has 0 amide bonds. The van der Waals surface area contributed by atoms with Crippen molar-refractivity contribution in [2.24, 2.45) is 0 Å². The van der Waals surface area contributed by atoms with Crippen LogP contribution < -0.4 is 4.31 Å². The van der Waals surface area contributed by atoms with Crippen LogP contribution in [0.2, 0.25) is 5.02 Å². The van der Waals surface area contributed by atoms with Crippen LogP contribution in [0.25, 0.3) is 0 Å². The number of hydrogen-bond acceptors (Lipinski definition) is 4. The quantitative estimate of drug-likeness (QED) is 0.908. The first-order valence-corrected chi connectivity index (χ1v) is 7.63. The highest BCUT2D eigenvalue weighted by Crippen LogP contribution is 2.25. The molecule has 0 aliphatic carbocycles. The first kappa shape index (κ1) is 15.3. The van der Waals surface area contributed by atoms with Gasteiger partial charge in [-0.25, -0.2) is 8.42 Å². The van der Waals surface area contributed by atoms with E-state index in [-0.39, 0.29) is 10.6 Å². The maximum Gasteiger partial charge on any atom is 0.324 e. The van der Waals surface area contributed by atoms with E-state index in [0.717, 1.165) is 10.5 Å². The minimum Gasteiger partial charge on any atom is -0.480 e. The number of pyridine rings is 1. The summed E-state index contributed by atoms with van der Waals surface area (Å²) in [7, 11) is -4.03. The van der Waals surface area contributed by atoms with Crippen molar-refractivity contribution >= 4 is 33.3 Å². The number of rotatable bonds is 5. The van der Waals surface area contributed by atoms with Gasteiger partial charge in [-0.1, -0.05) is 17.7 Å². The number of aliphatic carboxylic acids is 1. The van der Waals surface area contributed by atoms with Crippen LogP contribution in [0.5, 0.6) is 0 Å². The normalized spacial score (nSPS) is 11.1. The molecule has 0 saturated carbocycles. The zero-order valence-electron chi connectivity index (χ0n) is 10.7. The second kappa shape index (κ2) is 6.11. The third-order valence-electron chi connectivity index (χ3n) is 2.60. The molecular formula is C13H11ClN2O4S. The number of carboxylic acid groups (broad SMARTS) is 1. The van der Waals surface area contributed by atoms with Gasteiger partial charge in [-0.3, -0.25) is 14.1 Å². The number of sulfonamides is 1. The van der Waals surface area contributed by atoms with E-state index in [9.17, 15) is 13.2 Å². The average molecular weight is 327 g/mol. The number of carboxylic acids is 1. The minimum atomic E-state index is -4.03. The van der Waals surface area contributed by atoms with E-state index in [0.29, 0.717) is 5.02 Å². The van der Waals surface area contributed by atoms with Crippen LogP contribution in [0.4, 0.5) is 5.69 Å². The van der Waals surface area contributed by atoms with Crippen molar-refractivity contribution in [3.63, 3.8) is 0 Å². The van der Waals surface area contributed by atoms with E-state index in [1.807, 2.05) is 0 Å². The molecule has 0 fully saturated rings. The lowest BCUT2D eigenvalue weighted by Gasteiger charge is -2.22. The molecule has 1 aromatic carbocycles. The van der Waals surface area contributed by atoms with Crippen LogP contribution in [-0.2, 0) is 14.8 Å². The maximum absolute atomic E-state index is 12.6. The molecule has 6 nitrogen and oxygen atoms in total. The van der Waals surface area contributed by atoms with Crippen molar-refractivity contribution in [2.45, 2.75) is 4.90 Å². The Bertz CT molecular complexity index is 750. The Kier molecular flexibility index (Phi) is 4.44. The summed E-state index contributed by atoms with van der Waals surface area (Å²) in [4.78, 5) is 14.6. The number of anilines is 1. The van der Waals surface area contributed by atoms with E-state index in [4.69, 9.17) is 16.7 Å². The Hall–Kier alpha value is -2.12. The number of halogens is 1. The lowest BCUT2D eigenvalue weighted by Crippen LogP contribution is -2.35. The molecule has 0 atom stereocenters. The standard InChI is InChI=1S/C13H11ClN2O4S/c14-10-3-1-4-11(7-10)16(9-13(17)18)21(19,20)12-5-2-6-15-8-12/h1-8H,9H2,(H,17,18). The molecule has 0 unspecified atom stereocenters. The fraction of sp³-hybridized carbons (Fsp3) is 0.0769. The summed E-state index contributed by atoms with van der Waals surface area (Å²) in [5, 5.41) is 9.28. The first-order chi connectivity index (χ1) is 9.91. The van der Waals surface area contributed by atoms with Gasteiger partial charge in [-0.2, -0.15) is 0 Å². The summed E-state index contributed by atoms with van der Waals surface area (Å²) in [6, 6.07) is 8.79. The second-order valence-corrected chi connectivity index (χ2v) is 6.37. The third-order valence-corrected chi connectivity index (χ3v) is 4.59. The fourth-order valence-electron chi connectivity index (χ4n) is 1.70. The predicted octanol–water partition coefficient (Wildman–Crippen LogP) is 2.01. The molecule has 1 N–H and O–H groups in total. The summed E-state index contributed by atoms with van der Waals surface area (Å²) in [5.41, 5.74) is 0.175. The molecule has 8 heteroatoms. The zero-order valence-corrected chi connectivity index (χ0v) is 12.3. The number of carbonyl (C=O) groups is 1. The van der Waals surface area contributed by atoms with Crippen LogP contribution in [-0.4, -0.2) is 31.0 Å². The Morgan fingerprint density at radius 2 is 2.05 bits per heavy atom. The maximum atomic E-state index is 12.6. The first-order valence-electron chi connectivity index (χ1n) is 5.81. The van der Waals surface area contributed by atoms with E-state index in [1.54, 1.807) is 12.1 Å². The molecule has 1 heterocycles. The Labute approximate surface area is 126 Å². The largest absolute Gasteiger partial charge is 0.480 e. The smallest absolute Gasteiger partial charge is 0.324 e. The highest BCUT2D eigenvalue weighted by Gasteiger charge is 2.27. The Balaban J connectivity index is 2.53. The highest BCUT2D eigenvalue weighted by molar-refractivity contribution is 7.92. The summed E-state index contributed by atoms with van der Waals surface area (Å²) in [6.07, 6.45) is 2.59. The van der Waals surface area contributed by atoms with Crippen LogP contribution >= 0.6 is 11.6 Å². The van der Waals surface area contributed by atoms with Gasteiger partial charge < -0.3 is 5.11 Å². The molecule has 0 saturated heterocycles. The monoisotopic (exact) mass is 326 g/mol. The summed E-state index contributed by atoms with van der Waals surface area (Å²) in [5.74, 6) is -1.28. The van der Waals surface area contributed by atoms with E-state index in [2.05, 4.69) is 4.98 Å². The number of benzene rings is 1. The molecule has 2 rings (SSSR count). The number of aromatic nitrogens is 1. The molecule has 0 bridgehead atoms. The van der Waals surface area contributed by atoms with Crippen molar-refractivity contribution in [2.75, 3.05) is 10.8 Å². The van der Waals surface area contributed by atoms with Crippen LogP contribution in [0, 0.1) is 0 Å². The van der Waals surface area contributed by atoms with Gasteiger partial charge in [0.25, 0.3) is 10.0 Å². The van der Waals surface area contributed by atoms with Crippen LogP contribution in [0.1, 0.15) is 0 Å². The summed E-state index contributed by atoms with van der Waals surface area (Å²) in [6.45, 7) is -0.711. The average Bonchev–Trinajstić information content (AvgIpc) is 2.45. The van der Waals surface area contributed by atoms with Crippen molar-refractivity contribution in [3.8, 4) is 0 Å². The van der Waals surface area contributed by atoms with Crippen LogP contribution in [0.3, 0.4) is 0 Å². The lowest BCUT2D eigenvalue weighted by molar-refractivity contribution is -0.135. The molecule has 0 aliphatic heterocycles. The van der Waals surface area contributed by atoms with Gasteiger partial charge in [-0.05, 0) is 30.3 Å². The molecule has 0 radical (unpaired) electrons. The summed E-state index contributed by atoms with van der Waals surface area (Å²) < 4.78 is 25.9. The topological polar surface area (TPSA) is 87.6 Å². The van der Waals surface area contributed by atoms with Gasteiger partial charge in [0.1, 0.15) is 11.4 Å². The molecule has 110 valence electrons. The van der Waals surface area contributed by atoms with Crippen molar-refractivity contribution in [1.82, 2.24) is 4.98 Å². The molecule has 1 aromatic heterocycles. The zero-order chi connectivity index (χ0) is 15.5. The van der Waals surface area contributed by atoms with Gasteiger partial charge in [0.15, 0.2) is 0 Å². The van der Waals surface area contributed by atoms with Crippen LogP contribution in [0.15, 0.2) is 53.7 Å². The van der Waals surface area contributed by atoms with Gasteiger partial charge in [-0.15, -0.1) is 0 Å². The Morgan fingerprint density at radius 3 is 2.62 bits per heavy atom. The molecular weight excluding hydrogens is 316 g/mol. The molecule has 0 spiro atoms. The van der Waals surface area contributed by atoms with Gasteiger partial charge in [0.2, 0.25) is 0 Å². The predicted molar refractivity (Wildman–Crippen MR) is 77.9 cm³/mol. The van der Waals surface area contributed by atoms with E-state index < -0.39 is 22.5 Å². The van der Waals surface area contributed by atoms with Gasteiger partial charge in [0.05, 0.1) is 5.69 Å². The molecule has 21 heavy (non-hydrogen) atoms. The molecule has 2 aromatic rings. The lowest BCUT2D eigenvalue weighted by atomic mass is 10.3. The van der Waals surface area contributed by atoms with E-state index >= 15 is 0 Å². The molecule has 0 aliphatic rings. The second-order valence-electron chi connectivity index (χ2n) is 4.07. The fourth-order valence-corrected chi connectivity index (χ4v) is 3.25. The number of nitrogens with zero attached hydrogens (tertiary/aromatic N) is 2. The van der Waals surface area contributed by atoms with Gasteiger partial charge in [0, 0.05) is 17.4 Å². The minimum absolute atomic E-state index is 0.0915. The van der Waals surface area contributed by atoms with Crippen molar-refractivity contribution in [1.29, 1.82) is 0 Å². The Morgan fingerprint density at radius 1 is 1.29 bits per heavy atom. The highest BCUT2D eigenvalue weighted by atomic mass is 35.5. The summed E-state index contributed by atoms with van der Waals surface area (Å²) >= 11 is 5.84. The van der Waals surface area contributed by atoms with Crippen molar-refractivity contribution < 1.29 is 18.3 Å². The number of hydrogen-bond donors (Lipinski definition) is 1. The third kappa shape index (κ3) is 3.50.